The molecular formula is C18H25FN2O2. The fourth-order valence-electron chi connectivity index (χ4n) is 3.47. The third kappa shape index (κ3) is 4.75. The number of ether oxygens (including phenoxy) is 1. The first-order valence-electron chi connectivity index (χ1n) is 8.57. The van der Waals surface area contributed by atoms with Gasteiger partial charge in [0, 0.05) is 26.2 Å². The maximum absolute atomic E-state index is 13.3. The maximum atomic E-state index is 13.3. The standard InChI is InChI=1S/C18H25FN2O2/c19-16-6-1-4-14(10-16)12-21-8-2-5-15(13-21)18(22)20-11-17-7-3-9-23-17/h1,4,6,10,15,17H,2-3,5,7-9,11-13H2,(H,20,22)/t15-,17+/m0/s1. The summed E-state index contributed by atoms with van der Waals surface area (Å²) in [6.45, 7) is 3.85. The van der Waals surface area contributed by atoms with Crippen LogP contribution in [0.15, 0.2) is 24.3 Å². The van der Waals surface area contributed by atoms with Gasteiger partial charge in [-0.2, -0.15) is 0 Å². The summed E-state index contributed by atoms with van der Waals surface area (Å²) < 4.78 is 18.8. The van der Waals surface area contributed by atoms with E-state index in [2.05, 4.69) is 10.2 Å². The van der Waals surface area contributed by atoms with Crippen LogP contribution in [0.2, 0.25) is 0 Å². The van der Waals surface area contributed by atoms with Crippen molar-refractivity contribution in [2.24, 2.45) is 5.92 Å². The average Bonchev–Trinajstić information content (AvgIpc) is 3.06. The molecule has 0 saturated carbocycles. The monoisotopic (exact) mass is 320 g/mol. The zero-order chi connectivity index (χ0) is 16.1. The molecule has 0 aliphatic carbocycles. The molecule has 126 valence electrons. The molecule has 0 unspecified atom stereocenters. The lowest BCUT2D eigenvalue weighted by molar-refractivity contribution is -0.127. The van der Waals surface area contributed by atoms with Crippen molar-refractivity contribution in [1.29, 1.82) is 0 Å². The number of carbonyl (C=O) groups excluding carboxylic acids is 1. The summed E-state index contributed by atoms with van der Waals surface area (Å²) in [6.07, 6.45) is 4.25. The Hall–Kier alpha value is -1.46. The number of amides is 1. The minimum Gasteiger partial charge on any atom is -0.376 e. The van der Waals surface area contributed by atoms with Gasteiger partial charge in [-0.15, -0.1) is 0 Å². The SMILES string of the molecule is O=C(NC[C@H]1CCCO1)[C@H]1CCCN(Cc2cccc(F)c2)C1. The van der Waals surface area contributed by atoms with Crippen molar-refractivity contribution in [3.63, 3.8) is 0 Å². The minimum atomic E-state index is -0.203. The lowest BCUT2D eigenvalue weighted by Crippen LogP contribution is -2.44. The highest BCUT2D eigenvalue weighted by molar-refractivity contribution is 5.79. The van der Waals surface area contributed by atoms with Crippen LogP contribution in [0.5, 0.6) is 0 Å². The number of halogens is 1. The first-order chi connectivity index (χ1) is 11.2. The second kappa shape index (κ2) is 7.88. The van der Waals surface area contributed by atoms with Gasteiger partial charge in [0.25, 0.3) is 0 Å². The number of nitrogens with zero attached hydrogens (tertiary/aromatic N) is 1. The number of hydrogen-bond donors (Lipinski definition) is 1. The Bertz CT molecular complexity index is 532. The third-order valence-electron chi connectivity index (χ3n) is 4.70. The van der Waals surface area contributed by atoms with Gasteiger partial charge in [-0.3, -0.25) is 9.69 Å². The predicted octanol–water partition coefficient (Wildman–Crippen LogP) is 2.33. The van der Waals surface area contributed by atoms with E-state index in [0.717, 1.165) is 50.9 Å². The Kier molecular flexibility index (Phi) is 5.62. The summed E-state index contributed by atoms with van der Waals surface area (Å²) >= 11 is 0. The number of likely N-dealkylation sites (tertiary alicyclic amines) is 1. The molecule has 1 aromatic carbocycles. The maximum Gasteiger partial charge on any atom is 0.224 e. The molecule has 1 N–H and O–H groups in total. The van der Waals surface area contributed by atoms with Crippen molar-refractivity contribution in [3.05, 3.63) is 35.6 Å². The molecule has 0 bridgehead atoms. The molecular weight excluding hydrogens is 295 g/mol. The molecule has 0 aromatic heterocycles. The number of nitrogens with one attached hydrogen (secondary N) is 1. The lowest BCUT2D eigenvalue weighted by atomic mass is 9.96. The molecule has 2 atom stereocenters. The van der Waals surface area contributed by atoms with Crippen molar-refractivity contribution in [3.8, 4) is 0 Å². The first-order valence-corrected chi connectivity index (χ1v) is 8.57. The molecule has 2 aliphatic rings. The van der Waals surface area contributed by atoms with E-state index < -0.39 is 0 Å². The third-order valence-corrected chi connectivity index (χ3v) is 4.70. The van der Waals surface area contributed by atoms with Crippen LogP contribution < -0.4 is 5.32 Å². The topological polar surface area (TPSA) is 41.6 Å². The zero-order valence-electron chi connectivity index (χ0n) is 13.5. The Morgan fingerprint density at radius 1 is 1.35 bits per heavy atom. The van der Waals surface area contributed by atoms with Gasteiger partial charge >= 0.3 is 0 Å². The Labute approximate surface area is 137 Å². The molecule has 2 aliphatic heterocycles. The molecule has 0 spiro atoms. The van der Waals surface area contributed by atoms with Gasteiger partial charge in [-0.25, -0.2) is 4.39 Å². The highest BCUT2D eigenvalue weighted by Gasteiger charge is 2.26. The summed E-state index contributed by atoms with van der Waals surface area (Å²) in [4.78, 5) is 14.6. The van der Waals surface area contributed by atoms with Crippen molar-refractivity contribution < 1.29 is 13.9 Å². The van der Waals surface area contributed by atoms with Gasteiger partial charge in [-0.05, 0) is 49.9 Å². The molecule has 4 nitrogen and oxygen atoms in total. The van der Waals surface area contributed by atoms with Gasteiger partial charge in [0.2, 0.25) is 5.91 Å². The molecule has 2 heterocycles. The van der Waals surface area contributed by atoms with Crippen LogP contribution >= 0.6 is 0 Å². The van der Waals surface area contributed by atoms with E-state index in [1.54, 1.807) is 12.1 Å². The van der Waals surface area contributed by atoms with E-state index in [4.69, 9.17) is 4.74 Å². The first kappa shape index (κ1) is 16.4. The molecule has 0 radical (unpaired) electrons. The average molecular weight is 320 g/mol. The molecule has 23 heavy (non-hydrogen) atoms. The second-order valence-corrected chi connectivity index (χ2v) is 6.58. The predicted molar refractivity (Wildman–Crippen MR) is 86.4 cm³/mol. The van der Waals surface area contributed by atoms with E-state index in [1.807, 2.05) is 6.07 Å². The van der Waals surface area contributed by atoms with Crippen molar-refractivity contribution in [1.82, 2.24) is 10.2 Å². The van der Waals surface area contributed by atoms with Crippen LogP contribution in [0.3, 0.4) is 0 Å². The molecule has 2 saturated heterocycles. The minimum absolute atomic E-state index is 0.0266. The summed E-state index contributed by atoms with van der Waals surface area (Å²) in [7, 11) is 0. The number of hydrogen-bond acceptors (Lipinski definition) is 3. The smallest absolute Gasteiger partial charge is 0.224 e. The lowest BCUT2D eigenvalue weighted by Gasteiger charge is -2.32. The fraction of sp³-hybridized carbons (Fsp3) is 0.611. The van der Waals surface area contributed by atoms with Gasteiger partial charge in [-0.1, -0.05) is 12.1 Å². The van der Waals surface area contributed by atoms with E-state index >= 15 is 0 Å². The number of piperidine rings is 1. The fourth-order valence-corrected chi connectivity index (χ4v) is 3.47. The summed E-state index contributed by atoms with van der Waals surface area (Å²) in [5.41, 5.74) is 0.963. The van der Waals surface area contributed by atoms with Gasteiger partial charge in [0.15, 0.2) is 0 Å². The van der Waals surface area contributed by atoms with Gasteiger partial charge in [0.1, 0.15) is 5.82 Å². The van der Waals surface area contributed by atoms with Crippen LogP contribution in [-0.4, -0.2) is 43.2 Å². The highest BCUT2D eigenvalue weighted by Crippen LogP contribution is 2.19. The quantitative estimate of drug-likeness (QED) is 0.905. The normalized spacial score (nSPS) is 25.4. The van der Waals surface area contributed by atoms with E-state index in [0.29, 0.717) is 13.1 Å². The van der Waals surface area contributed by atoms with Crippen LogP contribution in [-0.2, 0) is 16.1 Å². The van der Waals surface area contributed by atoms with Gasteiger partial charge < -0.3 is 10.1 Å². The highest BCUT2D eigenvalue weighted by atomic mass is 19.1. The zero-order valence-corrected chi connectivity index (χ0v) is 13.5. The number of benzene rings is 1. The van der Waals surface area contributed by atoms with Crippen LogP contribution in [0.25, 0.3) is 0 Å². The van der Waals surface area contributed by atoms with Crippen LogP contribution in [0, 0.1) is 11.7 Å². The van der Waals surface area contributed by atoms with E-state index in [-0.39, 0.29) is 23.7 Å². The van der Waals surface area contributed by atoms with Crippen LogP contribution in [0.4, 0.5) is 4.39 Å². The van der Waals surface area contributed by atoms with Crippen LogP contribution in [0.1, 0.15) is 31.2 Å². The Morgan fingerprint density at radius 2 is 2.26 bits per heavy atom. The van der Waals surface area contributed by atoms with Crippen molar-refractivity contribution in [2.45, 2.75) is 38.3 Å². The van der Waals surface area contributed by atoms with Crippen molar-refractivity contribution in [2.75, 3.05) is 26.2 Å². The van der Waals surface area contributed by atoms with Crippen molar-refractivity contribution >= 4 is 5.91 Å². The molecule has 1 aromatic rings. The summed E-state index contributed by atoms with van der Waals surface area (Å²) in [5, 5.41) is 3.04. The van der Waals surface area contributed by atoms with E-state index in [1.165, 1.54) is 6.07 Å². The largest absolute Gasteiger partial charge is 0.376 e. The molecule has 2 fully saturated rings. The second-order valence-electron chi connectivity index (χ2n) is 6.58. The Morgan fingerprint density at radius 3 is 3.04 bits per heavy atom. The summed E-state index contributed by atoms with van der Waals surface area (Å²) in [5.74, 6) is -0.0477. The molecule has 1 amide bonds. The van der Waals surface area contributed by atoms with Gasteiger partial charge in [0.05, 0.1) is 12.0 Å². The summed E-state index contributed by atoms with van der Waals surface area (Å²) in [6, 6.07) is 6.70. The molecule has 3 rings (SSSR count). The molecule has 5 heteroatoms. The number of rotatable bonds is 5. The Balaban J connectivity index is 1.48. The van der Waals surface area contributed by atoms with E-state index in [9.17, 15) is 9.18 Å². The number of carbonyl (C=O) groups is 1.